The van der Waals surface area contributed by atoms with E-state index in [1.807, 2.05) is 0 Å². The summed E-state index contributed by atoms with van der Waals surface area (Å²) >= 11 is 5.77. The van der Waals surface area contributed by atoms with E-state index >= 15 is 0 Å². The number of fused-ring (bicyclic) bond motifs is 1. The van der Waals surface area contributed by atoms with Crippen LogP contribution in [0, 0.1) is 0 Å². The van der Waals surface area contributed by atoms with Crippen LogP contribution in [0.1, 0.15) is 11.7 Å². The summed E-state index contributed by atoms with van der Waals surface area (Å²) in [5.41, 5.74) is 6.08. The Hall–Kier alpha value is -1.59. The van der Waals surface area contributed by atoms with Crippen molar-refractivity contribution in [2.45, 2.75) is 6.04 Å². The number of halogens is 1. The fourth-order valence-electron chi connectivity index (χ4n) is 1.27. The number of hydrogen-bond acceptors (Lipinski definition) is 4. The van der Waals surface area contributed by atoms with Gasteiger partial charge in [0.25, 0.3) is 0 Å². The Morgan fingerprint density at radius 3 is 3.00 bits per heavy atom. The van der Waals surface area contributed by atoms with Crippen molar-refractivity contribution in [3.05, 3.63) is 28.9 Å². The molecule has 0 aliphatic rings. The van der Waals surface area contributed by atoms with Gasteiger partial charge in [-0.2, -0.15) is 0 Å². The molecule has 0 aliphatic carbocycles. The van der Waals surface area contributed by atoms with Crippen molar-refractivity contribution < 1.29 is 14.4 Å². The van der Waals surface area contributed by atoms with Crippen molar-refractivity contribution in [2.24, 2.45) is 5.73 Å². The standard InChI is InChI=1S/C9H7ClN2O3/c10-4-1-2-6-5(3-4)8(12-15-6)7(11)9(13)14/h1-3,7H,11H2,(H,13,14)/t7-/m1/s1. The first-order valence-corrected chi connectivity index (χ1v) is 4.50. The van der Waals surface area contributed by atoms with Crippen LogP contribution in [0.2, 0.25) is 5.02 Å². The molecule has 0 bridgehead atoms. The Kier molecular flexibility index (Phi) is 2.34. The summed E-state index contributed by atoms with van der Waals surface area (Å²) in [4.78, 5) is 10.7. The zero-order valence-electron chi connectivity index (χ0n) is 7.48. The third-order valence-electron chi connectivity index (χ3n) is 2.02. The molecule has 78 valence electrons. The van der Waals surface area contributed by atoms with Crippen molar-refractivity contribution in [1.29, 1.82) is 0 Å². The van der Waals surface area contributed by atoms with E-state index in [4.69, 9.17) is 27.0 Å². The van der Waals surface area contributed by atoms with Gasteiger partial charge in [-0.25, -0.2) is 0 Å². The summed E-state index contributed by atoms with van der Waals surface area (Å²) in [5.74, 6) is -1.16. The van der Waals surface area contributed by atoms with E-state index in [1.165, 1.54) is 0 Å². The van der Waals surface area contributed by atoms with Crippen LogP contribution in [0.4, 0.5) is 0 Å². The molecule has 0 aliphatic heterocycles. The maximum Gasteiger partial charge on any atom is 0.326 e. The third kappa shape index (κ3) is 1.67. The van der Waals surface area contributed by atoms with Crippen LogP contribution in [0.15, 0.2) is 22.7 Å². The van der Waals surface area contributed by atoms with Gasteiger partial charge in [0.1, 0.15) is 5.69 Å². The first-order valence-electron chi connectivity index (χ1n) is 4.13. The number of aromatic nitrogens is 1. The van der Waals surface area contributed by atoms with Crippen LogP contribution in [0.5, 0.6) is 0 Å². The lowest BCUT2D eigenvalue weighted by molar-refractivity contribution is -0.138. The van der Waals surface area contributed by atoms with E-state index in [9.17, 15) is 4.79 Å². The summed E-state index contributed by atoms with van der Waals surface area (Å²) in [6.45, 7) is 0. The van der Waals surface area contributed by atoms with Crippen molar-refractivity contribution >= 4 is 28.5 Å². The smallest absolute Gasteiger partial charge is 0.326 e. The average Bonchev–Trinajstić information content (AvgIpc) is 2.59. The van der Waals surface area contributed by atoms with Gasteiger partial charge in [0.15, 0.2) is 11.6 Å². The van der Waals surface area contributed by atoms with Crippen LogP contribution in [0.25, 0.3) is 11.0 Å². The number of nitrogens with zero attached hydrogens (tertiary/aromatic N) is 1. The molecule has 2 aromatic rings. The lowest BCUT2D eigenvalue weighted by atomic mass is 10.1. The molecule has 15 heavy (non-hydrogen) atoms. The van der Waals surface area contributed by atoms with E-state index in [0.717, 1.165) is 0 Å². The maximum absolute atomic E-state index is 10.7. The molecule has 0 unspecified atom stereocenters. The summed E-state index contributed by atoms with van der Waals surface area (Å²) in [6, 6.07) is 3.61. The molecule has 1 heterocycles. The van der Waals surface area contributed by atoms with Crippen LogP contribution in [-0.2, 0) is 4.79 Å². The molecule has 1 aromatic heterocycles. The minimum absolute atomic E-state index is 0.181. The van der Waals surface area contributed by atoms with Crippen LogP contribution >= 0.6 is 11.6 Å². The van der Waals surface area contributed by atoms with Crippen LogP contribution in [0.3, 0.4) is 0 Å². The molecule has 1 aromatic carbocycles. The number of rotatable bonds is 2. The molecule has 3 N–H and O–H groups in total. The predicted molar refractivity (Wildman–Crippen MR) is 53.6 cm³/mol. The fourth-order valence-corrected chi connectivity index (χ4v) is 1.44. The molecule has 2 rings (SSSR count). The molecule has 0 saturated heterocycles. The molecule has 0 saturated carbocycles. The van der Waals surface area contributed by atoms with Crippen molar-refractivity contribution in [3.63, 3.8) is 0 Å². The molecule has 6 heteroatoms. The lowest BCUT2D eigenvalue weighted by Crippen LogP contribution is -2.21. The SMILES string of the molecule is N[C@@H](C(=O)O)c1noc2ccc(Cl)cc12. The van der Waals surface area contributed by atoms with Crippen LogP contribution < -0.4 is 5.73 Å². The molecule has 1 atom stereocenters. The second kappa shape index (κ2) is 3.52. The van der Waals surface area contributed by atoms with Gasteiger partial charge >= 0.3 is 5.97 Å². The minimum atomic E-state index is -1.20. The van der Waals surface area contributed by atoms with Crippen molar-refractivity contribution in [3.8, 4) is 0 Å². The highest BCUT2D eigenvalue weighted by Gasteiger charge is 2.21. The number of hydrogen-bond donors (Lipinski definition) is 2. The number of benzene rings is 1. The highest BCUT2D eigenvalue weighted by Crippen LogP contribution is 2.25. The molecule has 0 fully saturated rings. The summed E-state index contributed by atoms with van der Waals surface area (Å²) < 4.78 is 4.92. The lowest BCUT2D eigenvalue weighted by Gasteiger charge is -2.00. The highest BCUT2D eigenvalue weighted by atomic mass is 35.5. The zero-order valence-corrected chi connectivity index (χ0v) is 8.23. The molecular formula is C9H7ClN2O3. The van der Waals surface area contributed by atoms with E-state index in [0.29, 0.717) is 16.0 Å². The Bertz CT molecular complexity index is 523. The van der Waals surface area contributed by atoms with Gasteiger partial charge in [-0.1, -0.05) is 16.8 Å². The summed E-state index contributed by atoms with van der Waals surface area (Å²) in [6.07, 6.45) is 0. The number of aliphatic carboxylic acids is 1. The normalized spacial score (nSPS) is 12.9. The van der Waals surface area contributed by atoms with Gasteiger partial charge in [-0.15, -0.1) is 0 Å². The largest absolute Gasteiger partial charge is 0.480 e. The second-order valence-electron chi connectivity index (χ2n) is 3.02. The van der Waals surface area contributed by atoms with Gasteiger partial charge < -0.3 is 15.4 Å². The number of carbonyl (C=O) groups is 1. The molecular weight excluding hydrogens is 220 g/mol. The predicted octanol–water partition coefficient (Wildman–Crippen LogP) is 1.57. The van der Waals surface area contributed by atoms with Gasteiger partial charge in [-0.05, 0) is 18.2 Å². The Morgan fingerprint density at radius 2 is 2.33 bits per heavy atom. The molecule has 0 radical (unpaired) electrons. The number of carboxylic acids is 1. The Balaban J connectivity index is 2.61. The highest BCUT2D eigenvalue weighted by molar-refractivity contribution is 6.31. The number of nitrogens with two attached hydrogens (primary N) is 1. The third-order valence-corrected chi connectivity index (χ3v) is 2.26. The fraction of sp³-hybridized carbons (Fsp3) is 0.111. The van der Waals surface area contributed by atoms with E-state index < -0.39 is 12.0 Å². The topological polar surface area (TPSA) is 89.4 Å². The van der Waals surface area contributed by atoms with E-state index in [-0.39, 0.29) is 5.69 Å². The first-order chi connectivity index (χ1) is 7.09. The van der Waals surface area contributed by atoms with Gasteiger partial charge in [0.2, 0.25) is 0 Å². The molecule has 0 amide bonds. The summed E-state index contributed by atoms with van der Waals surface area (Å²) in [5, 5.41) is 13.4. The van der Waals surface area contributed by atoms with E-state index in [1.54, 1.807) is 18.2 Å². The monoisotopic (exact) mass is 226 g/mol. The van der Waals surface area contributed by atoms with Gasteiger partial charge in [0.05, 0.1) is 0 Å². The maximum atomic E-state index is 10.7. The molecule has 5 nitrogen and oxygen atoms in total. The van der Waals surface area contributed by atoms with Crippen molar-refractivity contribution in [2.75, 3.05) is 0 Å². The van der Waals surface area contributed by atoms with E-state index in [2.05, 4.69) is 5.16 Å². The number of carboxylic acid groups (broad SMARTS) is 1. The van der Waals surface area contributed by atoms with Crippen molar-refractivity contribution in [1.82, 2.24) is 5.16 Å². The van der Waals surface area contributed by atoms with Crippen LogP contribution in [-0.4, -0.2) is 16.2 Å². The zero-order chi connectivity index (χ0) is 11.0. The van der Waals surface area contributed by atoms with Gasteiger partial charge in [0, 0.05) is 10.4 Å². The minimum Gasteiger partial charge on any atom is -0.480 e. The van der Waals surface area contributed by atoms with Gasteiger partial charge in [-0.3, -0.25) is 4.79 Å². The average molecular weight is 227 g/mol. The molecule has 0 spiro atoms. The first kappa shape index (κ1) is 9.95. The Morgan fingerprint density at radius 1 is 1.60 bits per heavy atom. The Labute approximate surface area is 89.4 Å². The second-order valence-corrected chi connectivity index (χ2v) is 3.46. The summed E-state index contributed by atoms with van der Waals surface area (Å²) in [7, 11) is 0. The quantitative estimate of drug-likeness (QED) is 0.811.